The Kier molecular flexibility index (Phi) is 5.39. The fraction of sp³-hybridized carbons (Fsp3) is 0.278. The third kappa shape index (κ3) is 3.63. The summed E-state index contributed by atoms with van der Waals surface area (Å²) in [6.45, 7) is 0.541. The first-order valence-corrected chi connectivity index (χ1v) is 8.38. The second-order valence-corrected chi connectivity index (χ2v) is 6.25. The normalized spacial score (nSPS) is 19.2. The Bertz CT molecular complexity index is 828. The average Bonchev–Trinajstić information content (AvgIpc) is 3.10. The number of ether oxygens (including phenoxy) is 2. The molecule has 2 aromatic rings. The van der Waals surface area contributed by atoms with Crippen molar-refractivity contribution in [2.75, 3.05) is 19.0 Å². The van der Waals surface area contributed by atoms with E-state index in [2.05, 4.69) is 10.1 Å². The molecular formula is C18H17ClN2O5. The number of carbonyl (C=O) groups is 1. The highest BCUT2D eigenvalue weighted by molar-refractivity contribution is 6.34. The number of hydrogen-bond donors (Lipinski definition) is 1. The van der Waals surface area contributed by atoms with Crippen LogP contribution in [0, 0.1) is 10.1 Å². The van der Waals surface area contributed by atoms with Gasteiger partial charge in [0.05, 0.1) is 28.7 Å². The van der Waals surface area contributed by atoms with Crippen LogP contribution in [0.25, 0.3) is 0 Å². The van der Waals surface area contributed by atoms with Crippen LogP contribution in [0.3, 0.4) is 0 Å². The number of methoxy groups -OCH3 is 1. The van der Waals surface area contributed by atoms with Crippen LogP contribution in [0.4, 0.5) is 11.4 Å². The summed E-state index contributed by atoms with van der Waals surface area (Å²) in [5.41, 5.74) is 0.939. The van der Waals surface area contributed by atoms with Gasteiger partial charge in [0.15, 0.2) is 0 Å². The van der Waals surface area contributed by atoms with Crippen molar-refractivity contribution in [2.45, 2.75) is 18.6 Å². The molecule has 0 radical (unpaired) electrons. The lowest BCUT2D eigenvalue weighted by atomic mass is 10.0. The van der Waals surface area contributed by atoms with E-state index in [0.717, 1.165) is 11.6 Å². The first-order valence-electron chi connectivity index (χ1n) is 8.00. The Morgan fingerprint density at radius 2 is 2.08 bits per heavy atom. The molecule has 0 aromatic heterocycles. The maximum atomic E-state index is 11.7. The fourth-order valence-corrected chi connectivity index (χ4v) is 3.24. The van der Waals surface area contributed by atoms with E-state index in [1.165, 1.54) is 13.2 Å². The first kappa shape index (κ1) is 18.2. The molecule has 0 amide bonds. The number of nitro benzene ring substituents is 1. The Labute approximate surface area is 155 Å². The van der Waals surface area contributed by atoms with Crippen LogP contribution >= 0.6 is 11.6 Å². The smallest absolute Gasteiger partial charge is 0.339 e. The van der Waals surface area contributed by atoms with Gasteiger partial charge in [0.1, 0.15) is 11.8 Å². The molecule has 7 nitrogen and oxygen atoms in total. The van der Waals surface area contributed by atoms with Crippen molar-refractivity contribution in [2.24, 2.45) is 0 Å². The second kappa shape index (κ2) is 7.72. The van der Waals surface area contributed by atoms with E-state index >= 15 is 0 Å². The van der Waals surface area contributed by atoms with Crippen molar-refractivity contribution in [1.29, 1.82) is 0 Å². The largest absolute Gasteiger partial charge is 0.465 e. The summed E-state index contributed by atoms with van der Waals surface area (Å²) in [4.78, 5) is 22.6. The number of benzene rings is 2. The van der Waals surface area contributed by atoms with Gasteiger partial charge < -0.3 is 14.8 Å². The molecule has 0 saturated carbocycles. The van der Waals surface area contributed by atoms with E-state index in [1.54, 1.807) is 0 Å². The molecule has 26 heavy (non-hydrogen) atoms. The molecule has 1 aliphatic rings. The molecule has 0 bridgehead atoms. The number of hydrogen-bond acceptors (Lipinski definition) is 6. The van der Waals surface area contributed by atoms with E-state index in [9.17, 15) is 14.9 Å². The monoisotopic (exact) mass is 376 g/mol. The maximum absolute atomic E-state index is 11.7. The zero-order valence-electron chi connectivity index (χ0n) is 14.0. The van der Waals surface area contributed by atoms with Gasteiger partial charge in [0.25, 0.3) is 5.69 Å². The number of nitro groups is 1. The van der Waals surface area contributed by atoms with Crippen LogP contribution in [-0.2, 0) is 9.47 Å². The molecule has 1 N–H and O–H groups in total. The van der Waals surface area contributed by atoms with Crippen LogP contribution in [0.2, 0.25) is 5.02 Å². The van der Waals surface area contributed by atoms with Crippen molar-refractivity contribution in [3.8, 4) is 0 Å². The molecule has 1 aliphatic heterocycles. The molecule has 0 spiro atoms. The second-order valence-electron chi connectivity index (χ2n) is 5.84. The van der Waals surface area contributed by atoms with Crippen LogP contribution in [-0.4, -0.2) is 30.7 Å². The highest BCUT2D eigenvalue weighted by Gasteiger charge is 2.32. The van der Waals surface area contributed by atoms with E-state index in [4.69, 9.17) is 16.3 Å². The Morgan fingerprint density at radius 1 is 1.35 bits per heavy atom. The summed E-state index contributed by atoms with van der Waals surface area (Å²) in [5.74, 6) is -0.726. The predicted molar refractivity (Wildman–Crippen MR) is 96.6 cm³/mol. The van der Waals surface area contributed by atoms with Gasteiger partial charge in [-0.1, -0.05) is 41.9 Å². The number of nitrogens with zero attached hydrogens (tertiary/aromatic N) is 1. The maximum Gasteiger partial charge on any atom is 0.339 e. The minimum atomic E-state index is -0.726. The quantitative estimate of drug-likeness (QED) is 0.482. The molecule has 2 atom stereocenters. The van der Waals surface area contributed by atoms with Crippen LogP contribution in [0.1, 0.15) is 28.4 Å². The topological polar surface area (TPSA) is 90.7 Å². The number of halogens is 1. The van der Waals surface area contributed by atoms with Crippen molar-refractivity contribution in [3.63, 3.8) is 0 Å². The number of anilines is 1. The van der Waals surface area contributed by atoms with Gasteiger partial charge in [-0.2, -0.15) is 0 Å². The van der Waals surface area contributed by atoms with Gasteiger partial charge in [0, 0.05) is 12.7 Å². The average molecular weight is 377 g/mol. The Balaban J connectivity index is 1.92. The van der Waals surface area contributed by atoms with Crippen molar-refractivity contribution < 1.29 is 19.2 Å². The molecular weight excluding hydrogens is 360 g/mol. The van der Waals surface area contributed by atoms with Crippen molar-refractivity contribution in [3.05, 3.63) is 68.7 Å². The molecule has 1 heterocycles. The third-order valence-corrected chi connectivity index (χ3v) is 4.56. The van der Waals surface area contributed by atoms with Crippen molar-refractivity contribution in [1.82, 2.24) is 0 Å². The SMILES string of the molecule is COC(=O)c1cc([N+](=O)[O-])c(NC2CCOC2c2ccccc2)cc1Cl. The first-order chi connectivity index (χ1) is 12.5. The molecule has 136 valence electrons. The fourth-order valence-electron chi connectivity index (χ4n) is 3.00. The lowest BCUT2D eigenvalue weighted by Gasteiger charge is -2.21. The predicted octanol–water partition coefficient (Wildman–Crippen LogP) is 3.98. The van der Waals surface area contributed by atoms with Crippen molar-refractivity contribution >= 4 is 28.9 Å². The molecule has 0 aliphatic carbocycles. The summed E-state index contributed by atoms with van der Waals surface area (Å²) < 4.78 is 10.4. The minimum absolute atomic E-state index is 0.0475. The Morgan fingerprint density at radius 3 is 2.73 bits per heavy atom. The molecule has 3 rings (SSSR count). The molecule has 8 heteroatoms. The van der Waals surface area contributed by atoms with Gasteiger partial charge in [0.2, 0.25) is 0 Å². The lowest BCUT2D eigenvalue weighted by molar-refractivity contribution is -0.384. The number of esters is 1. The lowest BCUT2D eigenvalue weighted by Crippen LogP contribution is -2.23. The summed E-state index contributed by atoms with van der Waals surface area (Å²) in [7, 11) is 1.19. The van der Waals surface area contributed by atoms with Crippen LogP contribution < -0.4 is 5.32 Å². The Hall–Kier alpha value is -2.64. The zero-order chi connectivity index (χ0) is 18.7. The molecule has 1 saturated heterocycles. The third-order valence-electron chi connectivity index (χ3n) is 4.25. The zero-order valence-corrected chi connectivity index (χ0v) is 14.7. The van der Waals surface area contributed by atoms with E-state index in [-0.39, 0.29) is 34.1 Å². The molecule has 2 unspecified atom stereocenters. The standard InChI is InChI=1S/C18H17ClN2O5/c1-25-18(22)12-9-16(21(23)24)15(10-13(12)19)20-14-7-8-26-17(14)11-5-3-2-4-6-11/h2-6,9-10,14,17,20H,7-8H2,1H3. The summed E-state index contributed by atoms with van der Waals surface area (Å²) in [6.07, 6.45) is 0.461. The summed E-state index contributed by atoms with van der Waals surface area (Å²) in [5, 5.41) is 14.7. The summed E-state index contributed by atoms with van der Waals surface area (Å²) >= 11 is 6.12. The number of rotatable bonds is 5. The van der Waals surface area contributed by atoms with Gasteiger partial charge in [-0.25, -0.2) is 4.79 Å². The summed E-state index contributed by atoms with van der Waals surface area (Å²) in [6, 6.07) is 12.0. The van der Waals surface area contributed by atoms with Crippen LogP contribution in [0.15, 0.2) is 42.5 Å². The highest BCUT2D eigenvalue weighted by Crippen LogP contribution is 2.36. The highest BCUT2D eigenvalue weighted by atomic mass is 35.5. The molecule has 2 aromatic carbocycles. The minimum Gasteiger partial charge on any atom is -0.465 e. The van der Waals surface area contributed by atoms with Gasteiger partial charge in [-0.05, 0) is 18.1 Å². The van der Waals surface area contributed by atoms with Gasteiger partial charge in [-0.3, -0.25) is 10.1 Å². The van der Waals surface area contributed by atoms with Gasteiger partial charge >= 0.3 is 5.97 Å². The molecule has 1 fully saturated rings. The van der Waals surface area contributed by atoms with Gasteiger partial charge in [-0.15, -0.1) is 0 Å². The number of carbonyl (C=O) groups excluding carboxylic acids is 1. The van der Waals surface area contributed by atoms with E-state index in [1.807, 2.05) is 30.3 Å². The number of nitrogens with one attached hydrogen (secondary N) is 1. The van der Waals surface area contributed by atoms with E-state index < -0.39 is 10.9 Å². The van der Waals surface area contributed by atoms with Crippen LogP contribution in [0.5, 0.6) is 0 Å². The van der Waals surface area contributed by atoms with E-state index in [0.29, 0.717) is 13.0 Å².